The lowest BCUT2D eigenvalue weighted by Crippen LogP contribution is -2.64. The Balaban J connectivity index is 1.54. The summed E-state index contributed by atoms with van der Waals surface area (Å²) < 4.78 is 27.3. The lowest BCUT2D eigenvalue weighted by Gasteiger charge is -2.45. The Hall–Kier alpha value is -3.31. The molecular formula is C28H34O14. The van der Waals surface area contributed by atoms with Gasteiger partial charge in [0.2, 0.25) is 6.29 Å². The molecular weight excluding hydrogens is 560 g/mol. The summed E-state index contributed by atoms with van der Waals surface area (Å²) in [6, 6.07) is 8.78. The van der Waals surface area contributed by atoms with E-state index in [1.807, 2.05) is 0 Å². The molecule has 0 amide bonds. The Kier molecular flexibility index (Phi) is 10.0. The Morgan fingerprint density at radius 1 is 0.857 bits per heavy atom. The van der Waals surface area contributed by atoms with Gasteiger partial charge in [-0.3, -0.25) is 4.79 Å². The van der Waals surface area contributed by atoms with Crippen LogP contribution in [0.1, 0.15) is 22.8 Å². The third-order valence-electron chi connectivity index (χ3n) is 7.04. The molecule has 0 saturated carbocycles. The van der Waals surface area contributed by atoms with Crippen molar-refractivity contribution in [2.45, 2.75) is 68.3 Å². The van der Waals surface area contributed by atoms with Gasteiger partial charge in [0.25, 0.3) is 0 Å². The van der Waals surface area contributed by atoms with Crippen molar-refractivity contribution in [3.05, 3.63) is 53.6 Å². The van der Waals surface area contributed by atoms with Gasteiger partial charge in [-0.15, -0.1) is 0 Å². The van der Waals surface area contributed by atoms with Gasteiger partial charge in [-0.25, -0.2) is 0 Å². The summed E-state index contributed by atoms with van der Waals surface area (Å²) in [4.78, 5) is 12.7. The van der Waals surface area contributed by atoms with Crippen LogP contribution in [0, 0.1) is 0 Å². The van der Waals surface area contributed by atoms with E-state index in [2.05, 4.69) is 0 Å². The van der Waals surface area contributed by atoms with Crippen LogP contribution in [0.2, 0.25) is 0 Å². The maximum Gasteiger partial charge on any atom is 0.229 e. The second-order valence-corrected chi connectivity index (χ2v) is 9.91. The van der Waals surface area contributed by atoms with E-state index < -0.39 is 90.9 Å². The maximum absolute atomic E-state index is 12.7. The molecule has 230 valence electrons. The molecule has 2 saturated heterocycles. The minimum absolute atomic E-state index is 0.256. The number of hydrogen-bond acceptors (Lipinski definition) is 14. The highest BCUT2D eigenvalue weighted by atomic mass is 16.8. The number of rotatable bonds is 9. The number of ketones is 1. The van der Waals surface area contributed by atoms with Crippen molar-refractivity contribution >= 4 is 11.9 Å². The van der Waals surface area contributed by atoms with E-state index in [-0.39, 0.29) is 5.75 Å². The van der Waals surface area contributed by atoms with Crippen molar-refractivity contribution in [1.82, 2.24) is 0 Å². The molecule has 10 atom stereocenters. The van der Waals surface area contributed by atoms with Crippen LogP contribution in [0.15, 0.2) is 42.5 Å². The molecule has 0 radical (unpaired) electrons. The van der Waals surface area contributed by atoms with Gasteiger partial charge in [0, 0.05) is 12.1 Å². The Bertz CT molecular complexity index is 1230. The smallest absolute Gasteiger partial charge is 0.229 e. The van der Waals surface area contributed by atoms with Crippen molar-refractivity contribution in [2.75, 3.05) is 13.7 Å². The maximum atomic E-state index is 12.7. The van der Waals surface area contributed by atoms with Crippen LogP contribution in [0.3, 0.4) is 0 Å². The lowest BCUT2D eigenvalue weighted by molar-refractivity contribution is -0.354. The van der Waals surface area contributed by atoms with Gasteiger partial charge in [-0.2, -0.15) is 0 Å². The van der Waals surface area contributed by atoms with Crippen molar-refractivity contribution < 1.29 is 69.3 Å². The molecule has 8 N–H and O–H groups in total. The van der Waals surface area contributed by atoms with Crippen LogP contribution >= 0.6 is 0 Å². The number of aliphatic hydroxyl groups is 6. The van der Waals surface area contributed by atoms with Gasteiger partial charge < -0.3 is 64.5 Å². The van der Waals surface area contributed by atoms with Crippen LogP contribution in [0.4, 0.5) is 0 Å². The predicted octanol–water partition coefficient (Wildman–Crippen LogP) is -0.967. The number of allylic oxidation sites excluding steroid dienone is 1. The fraction of sp³-hybridized carbons (Fsp3) is 0.464. The molecule has 2 heterocycles. The van der Waals surface area contributed by atoms with Crippen LogP contribution in [0.25, 0.3) is 6.08 Å². The molecule has 2 aromatic rings. The molecule has 14 heteroatoms. The number of phenolic OH excluding ortho intramolecular Hbond substituents is 2. The van der Waals surface area contributed by atoms with E-state index in [0.717, 1.165) is 18.2 Å². The summed E-state index contributed by atoms with van der Waals surface area (Å²) in [5.74, 6) is -1.66. The fourth-order valence-electron chi connectivity index (χ4n) is 4.59. The zero-order chi connectivity index (χ0) is 30.7. The molecule has 4 unspecified atom stereocenters. The van der Waals surface area contributed by atoms with Crippen LogP contribution in [-0.4, -0.2) is 122 Å². The number of carbonyl (C=O) groups is 1. The third kappa shape index (κ3) is 6.67. The van der Waals surface area contributed by atoms with Crippen molar-refractivity contribution in [1.29, 1.82) is 0 Å². The first kappa shape index (κ1) is 31.6. The van der Waals surface area contributed by atoms with Crippen LogP contribution < -0.4 is 9.47 Å². The number of methoxy groups -OCH3 is 1. The van der Waals surface area contributed by atoms with Crippen LogP contribution in [0.5, 0.6) is 23.0 Å². The molecule has 4 rings (SSSR count). The zero-order valence-electron chi connectivity index (χ0n) is 22.6. The summed E-state index contributed by atoms with van der Waals surface area (Å²) in [7, 11) is 1.52. The predicted molar refractivity (Wildman–Crippen MR) is 142 cm³/mol. The highest BCUT2D eigenvalue weighted by molar-refractivity contribution is 6.10. The second kappa shape index (κ2) is 13.3. The standard InChI is InChI=1S/C28H34O14/c1-12-21(33)23(35)25(37)27(39-12)42-26-24(36)22(34)19(11-29)41-28(26)40-15-9-17(31)20(18(32)10-15)16(30)8-5-13-3-6-14(38-2)7-4-13/h3-10,12,19,21-29,31-37H,11H2,1-2H3/b8-5+/t12?,19?,21-,22+,23?,24?,25+,26+,27-,28+/m0/s1. The molecule has 14 nitrogen and oxygen atoms in total. The molecule has 42 heavy (non-hydrogen) atoms. The summed E-state index contributed by atoms with van der Waals surface area (Å²) in [6.07, 6.45) is -12.9. The second-order valence-electron chi connectivity index (χ2n) is 9.91. The SMILES string of the molecule is COc1ccc(/C=C/C(=O)c2c(O)cc(O[C@@H]3OC(CO)[C@@H](O)C(O)[C@H]3O[C@@H]3OC(C)[C@H](O)C(O)[C@H]3O)cc2O)cc1. The molecule has 0 aliphatic carbocycles. The topological polar surface area (TPSA) is 225 Å². The molecule has 2 aromatic carbocycles. The Labute approximate surface area is 240 Å². The largest absolute Gasteiger partial charge is 0.507 e. The number of benzene rings is 2. The molecule has 0 spiro atoms. The molecule has 2 aliphatic rings. The number of hydrogen-bond donors (Lipinski definition) is 8. The number of ether oxygens (including phenoxy) is 5. The van der Waals surface area contributed by atoms with Crippen molar-refractivity contribution in [3.63, 3.8) is 0 Å². The van der Waals surface area contributed by atoms with E-state index in [4.69, 9.17) is 23.7 Å². The highest BCUT2D eigenvalue weighted by Gasteiger charge is 2.50. The summed E-state index contributed by atoms with van der Waals surface area (Å²) in [5, 5.41) is 82.2. The van der Waals surface area contributed by atoms with E-state index in [9.17, 15) is 45.6 Å². The number of aliphatic hydroxyl groups excluding tert-OH is 6. The van der Waals surface area contributed by atoms with Gasteiger partial charge in [0.1, 0.15) is 65.2 Å². The van der Waals surface area contributed by atoms with E-state index >= 15 is 0 Å². The van der Waals surface area contributed by atoms with Gasteiger partial charge in [0.15, 0.2) is 18.2 Å². The normalized spacial score (nSPS) is 33.4. The first-order valence-corrected chi connectivity index (χ1v) is 13.0. The van der Waals surface area contributed by atoms with E-state index in [1.165, 1.54) is 20.1 Å². The minimum atomic E-state index is -1.78. The van der Waals surface area contributed by atoms with E-state index in [1.54, 1.807) is 24.3 Å². The number of aromatic hydroxyl groups is 2. The highest BCUT2D eigenvalue weighted by Crippen LogP contribution is 2.36. The van der Waals surface area contributed by atoms with E-state index in [0.29, 0.717) is 11.3 Å². The Morgan fingerprint density at radius 3 is 2.10 bits per heavy atom. The number of carbonyl (C=O) groups excluding carboxylic acids is 1. The summed E-state index contributed by atoms with van der Waals surface area (Å²) in [5.41, 5.74) is 0.236. The average molecular weight is 595 g/mol. The van der Waals surface area contributed by atoms with Crippen LogP contribution in [-0.2, 0) is 14.2 Å². The molecule has 0 bridgehead atoms. The van der Waals surface area contributed by atoms with Crippen molar-refractivity contribution in [2.24, 2.45) is 0 Å². The minimum Gasteiger partial charge on any atom is -0.507 e. The zero-order valence-corrected chi connectivity index (χ0v) is 22.6. The number of phenols is 2. The fourth-order valence-corrected chi connectivity index (χ4v) is 4.59. The summed E-state index contributed by atoms with van der Waals surface area (Å²) in [6.45, 7) is 0.676. The first-order valence-electron chi connectivity index (χ1n) is 13.0. The average Bonchev–Trinajstić information content (AvgIpc) is 2.97. The summed E-state index contributed by atoms with van der Waals surface area (Å²) >= 11 is 0. The quantitative estimate of drug-likeness (QED) is 0.129. The molecule has 2 fully saturated rings. The first-order chi connectivity index (χ1) is 19.9. The molecule has 0 aromatic heterocycles. The molecule has 2 aliphatic heterocycles. The monoisotopic (exact) mass is 594 g/mol. The lowest BCUT2D eigenvalue weighted by atomic mass is 9.97. The van der Waals surface area contributed by atoms with Gasteiger partial charge in [-0.05, 0) is 30.7 Å². The third-order valence-corrected chi connectivity index (χ3v) is 7.04. The van der Waals surface area contributed by atoms with Gasteiger partial charge >= 0.3 is 0 Å². The van der Waals surface area contributed by atoms with Crippen molar-refractivity contribution in [3.8, 4) is 23.0 Å². The van der Waals surface area contributed by atoms with Gasteiger partial charge in [-0.1, -0.05) is 18.2 Å². The Morgan fingerprint density at radius 2 is 1.50 bits per heavy atom. The van der Waals surface area contributed by atoms with Gasteiger partial charge in [0.05, 0.1) is 19.8 Å².